The van der Waals surface area contributed by atoms with E-state index >= 15 is 0 Å². The predicted molar refractivity (Wildman–Crippen MR) is 92.6 cm³/mol. The number of nitrogens with one attached hydrogen (secondary N) is 2. The third-order valence-corrected chi connectivity index (χ3v) is 4.83. The first-order valence-corrected chi connectivity index (χ1v) is 8.54. The molecule has 0 saturated heterocycles. The Morgan fingerprint density at radius 3 is 2.83 bits per heavy atom. The molecule has 3 rings (SSSR count). The minimum Gasteiger partial charge on any atom is -0.356 e. The van der Waals surface area contributed by atoms with Crippen LogP contribution in [0, 0.1) is 12.8 Å². The van der Waals surface area contributed by atoms with Crippen molar-refractivity contribution < 1.29 is 4.79 Å². The molecule has 0 bridgehead atoms. The summed E-state index contributed by atoms with van der Waals surface area (Å²) in [7, 11) is 0. The zero-order valence-corrected chi connectivity index (χ0v) is 13.7. The van der Waals surface area contributed by atoms with E-state index in [-0.39, 0.29) is 17.4 Å². The van der Waals surface area contributed by atoms with Crippen LogP contribution in [0.25, 0.3) is 10.9 Å². The molecule has 23 heavy (non-hydrogen) atoms. The second-order valence-corrected chi connectivity index (χ2v) is 6.54. The number of aromatic nitrogens is 1. The van der Waals surface area contributed by atoms with Crippen LogP contribution in [0.3, 0.4) is 0 Å². The second-order valence-electron chi connectivity index (χ2n) is 6.54. The molecular weight excluding hydrogens is 288 g/mol. The quantitative estimate of drug-likeness (QED) is 0.911. The van der Waals surface area contributed by atoms with Crippen molar-refractivity contribution in [3.63, 3.8) is 0 Å². The third-order valence-electron chi connectivity index (χ3n) is 4.83. The second kappa shape index (κ2) is 6.99. The molecule has 1 aromatic heterocycles. The number of amides is 1. The van der Waals surface area contributed by atoms with Gasteiger partial charge in [0.2, 0.25) is 5.91 Å². The molecule has 4 nitrogen and oxygen atoms in total. The van der Waals surface area contributed by atoms with Crippen molar-refractivity contribution in [1.82, 2.24) is 10.3 Å². The molecule has 122 valence electrons. The van der Waals surface area contributed by atoms with Crippen molar-refractivity contribution in [1.29, 1.82) is 0 Å². The van der Waals surface area contributed by atoms with Gasteiger partial charge in [-0.1, -0.05) is 37.5 Å². The van der Waals surface area contributed by atoms with E-state index in [1.807, 2.05) is 31.2 Å². The molecule has 1 aromatic carbocycles. The Bertz CT molecular complexity index is 758. The highest BCUT2D eigenvalue weighted by molar-refractivity contribution is 5.82. The highest BCUT2D eigenvalue weighted by atomic mass is 16.2. The molecule has 1 aliphatic rings. The van der Waals surface area contributed by atoms with Crippen molar-refractivity contribution >= 4 is 16.8 Å². The van der Waals surface area contributed by atoms with Gasteiger partial charge in [0, 0.05) is 18.0 Å². The van der Waals surface area contributed by atoms with Crippen molar-refractivity contribution in [2.75, 3.05) is 6.54 Å². The summed E-state index contributed by atoms with van der Waals surface area (Å²) < 4.78 is 0. The van der Waals surface area contributed by atoms with E-state index < -0.39 is 0 Å². The van der Waals surface area contributed by atoms with Gasteiger partial charge in [-0.2, -0.15) is 0 Å². The van der Waals surface area contributed by atoms with Gasteiger partial charge >= 0.3 is 0 Å². The van der Waals surface area contributed by atoms with Gasteiger partial charge in [-0.05, 0) is 43.2 Å². The van der Waals surface area contributed by atoms with Crippen LogP contribution in [0.2, 0.25) is 0 Å². The maximum atomic E-state index is 12.2. The molecular formula is C19H24N2O2. The number of aryl methyl sites for hydroxylation is 1. The van der Waals surface area contributed by atoms with Crippen LogP contribution in [-0.2, 0) is 11.2 Å². The normalized spacial score (nSPS) is 15.7. The molecule has 2 N–H and O–H groups in total. The SMILES string of the molecule is Cc1cccc2cc(CCNC(=O)C3CCCCC3)c(=O)[nH]c12. The lowest BCUT2D eigenvalue weighted by atomic mass is 9.88. The van der Waals surface area contributed by atoms with Gasteiger partial charge < -0.3 is 10.3 Å². The zero-order chi connectivity index (χ0) is 16.2. The lowest BCUT2D eigenvalue weighted by molar-refractivity contribution is -0.125. The molecule has 1 aliphatic carbocycles. The Kier molecular flexibility index (Phi) is 4.79. The van der Waals surface area contributed by atoms with E-state index in [2.05, 4.69) is 10.3 Å². The Morgan fingerprint density at radius 1 is 1.26 bits per heavy atom. The topological polar surface area (TPSA) is 62.0 Å². The van der Waals surface area contributed by atoms with Crippen LogP contribution >= 0.6 is 0 Å². The van der Waals surface area contributed by atoms with E-state index in [1.165, 1.54) is 6.42 Å². The van der Waals surface area contributed by atoms with Crippen LogP contribution in [-0.4, -0.2) is 17.4 Å². The van der Waals surface area contributed by atoms with Crippen LogP contribution in [0.4, 0.5) is 0 Å². The fraction of sp³-hybridized carbons (Fsp3) is 0.474. The molecule has 0 unspecified atom stereocenters. The van der Waals surface area contributed by atoms with Gasteiger partial charge in [0.1, 0.15) is 0 Å². The number of carbonyl (C=O) groups excluding carboxylic acids is 1. The number of hydrogen-bond donors (Lipinski definition) is 2. The molecule has 0 atom stereocenters. The monoisotopic (exact) mass is 312 g/mol. The standard InChI is InChI=1S/C19H24N2O2/c1-13-6-5-9-15-12-16(19(23)21-17(13)15)10-11-20-18(22)14-7-3-2-4-8-14/h5-6,9,12,14H,2-4,7-8,10-11H2,1H3,(H,20,22)(H,21,23). The largest absolute Gasteiger partial charge is 0.356 e. The van der Waals surface area contributed by atoms with E-state index in [9.17, 15) is 9.59 Å². The van der Waals surface area contributed by atoms with Crippen LogP contribution < -0.4 is 10.9 Å². The Labute approximate surface area is 136 Å². The molecule has 1 saturated carbocycles. The number of pyridine rings is 1. The summed E-state index contributed by atoms with van der Waals surface area (Å²) in [5.74, 6) is 0.319. The smallest absolute Gasteiger partial charge is 0.251 e. The molecule has 0 aliphatic heterocycles. The van der Waals surface area contributed by atoms with E-state index in [4.69, 9.17) is 0 Å². The molecule has 1 fully saturated rings. The maximum absolute atomic E-state index is 12.2. The number of benzene rings is 1. The zero-order valence-electron chi connectivity index (χ0n) is 13.7. The van der Waals surface area contributed by atoms with Crippen LogP contribution in [0.1, 0.15) is 43.2 Å². The molecule has 1 amide bonds. The van der Waals surface area contributed by atoms with Gasteiger partial charge in [-0.3, -0.25) is 9.59 Å². The minimum absolute atomic E-state index is 0.0567. The first kappa shape index (κ1) is 15.8. The molecule has 1 heterocycles. The number of H-pyrrole nitrogens is 1. The van der Waals surface area contributed by atoms with Crippen LogP contribution in [0.15, 0.2) is 29.1 Å². The van der Waals surface area contributed by atoms with Gasteiger partial charge in [-0.25, -0.2) is 0 Å². The average Bonchev–Trinajstić information content (AvgIpc) is 2.57. The number of hydrogen-bond acceptors (Lipinski definition) is 2. The van der Waals surface area contributed by atoms with Gasteiger partial charge in [0.15, 0.2) is 0 Å². The number of rotatable bonds is 4. The first-order valence-electron chi connectivity index (χ1n) is 8.54. The fourth-order valence-corrected chi connectivity index (χ4v) is 3.44. The number of para-hydroxylation sites is 1. The summed E-state index contributed by atoms with van der Waals surface area (Å²) in [6, 6.07) is 7.92. The molecule has 4 heteroatoms. The summed E-state index contributed by atoms with van der Waals surface area (Å²) in [6.07, 6.45) is 6.13. The fourth-order valence-electron chi connectivity index (χ4n) is 3.44. The van der Waals surface area contributed by atoms with Crippen molar-refractivity contribution in [2.45, 2.75) is 45.4 Å². The predicted octanol–water partition coefficient (Wildman–Crippen LogP) is 3.08. The van der Waals surface area contributed by atoms with E-state index in [0.717, 1.165) is 47.7 Å². The molecule has 0 spiro atoms. The number of aromatic amines is 1. The summed E-state index contributed by atoms with van der Waals surface area (Å²) >= 11 is 0. The lowest BCUT2D eigenvalue weighted by Gasteiger charge is -2.20. The molecule has 0 radical (unpaired) electrons. The van der Waals surface area contributed by atoms with E-state index in [1.54, 1.807) is 0 Å². The summed E-state index contributed by atoms with van der Waals surface area (Å²) in [6.45, 7) is 2.51. The summed E-state index contributed by atoms with van der Waals surface area (Å²) in [4.78, 5) is 27.3. The van der Waals surface area contributed by atoms with Crippen LogP contribution in [0.5, 0.6) is 0 Å². The first-order chi connectivity index (χ1) is 11.1. The average molecular weight is 312 g/mol. The Hall–Kier alpha value is -2.10. The third kappa shape index (κ3) is 3.63. The Morgan fingerprint density at radius 2 is 2.04 bits per heavy atom. The molecule has 2 aromatic rings. The maximum Gasteiger partial charge on any atom is 0.251 e. The minimum atomic E-state index is -0.0567. The van der Waals surface area contributed by atoms with Gasteiger partial charge in [0.25, 0.3) is 5.56 Å². The van der Waals surface area contributed by atoms with Crippen molar-refractivity contribution in [3.8, 4) is 0 Å². The van der Waals surface area contributed by atoms with Crippen molar-refractivity contribution in [2.24, 2.45) is 5.92 Å². The summed E-state index contributed by atoms with van der Waals surface area (Å²) in [5, 5.41) is 4.04. The van der Waals surface area contributed by atoms with E-state index in [0.29, 0.717) is 13.0 Å². The Balaban J connectivity index is 1.64. The highest BCUT2D eigenvalue weighted by Crippen LogP contribution is 2.23. The summed E-state index contributed by atoms with van der Waals surface area (Å²) in [5.41, 5.74) is 2.63. The van der Waals surface area contributed by atoms with Gasteiger partial charge in [-0.15, -0.1) is 0 Å². The van der Waals surface area contributed by atoms with Gasteiger partial charge in [0.05, 0.1) is 5.52 Å². The highest BCUT2D eigenvalue weighted by Gasteiger charge is 2.20. The number of fused-ring (bicyclic) bond motifs is 1. The number of carbonyl (C=O) groups is 1. The van der Waals surface area contributed by atoms with Crippen molar-refractivity contribution in [3.05, 3.63) is 45.7 Å². The lowest BCUT2D eigenvalue weighted by Crippen LogP contribution is -2.34.